The maximum atomic E-state index is 13.8. The molecular formula is C16H18F2N4OS. The zero-order valence-electron chi connectivity index (χ0n) is 13.2. The lowest BCUT2D eigenvalue weighted by molar-refractivity contribution is -0.122. The van der Waals surface area contributed by atoms with Crippen molar-refractivity contribution in [2.75, 3.05) is 6.54 Å². The van der Waals surface area contributed by atoms with Gasteiger partial charge >= 0.3 is 0 Å². The van der Waals surface area contributed by atoms with Gasteiger partial charge < -0.3 is 9.88 Å². The summed E-state index contributed by atoms with van der Waals surface area (Å²) in [6.07, 6.45) is 1.28. The summed E-state index contributed by atoms with van der Waals surface area (Å²) in [5.74, 6) is -1.58. The van der Waals surface area contributed by atoms with Crippen molar-refractivity contribution >= 4 is 18.1 Å². The minimum atomic E-state index is -0.875. The Morgan fingerprint density at radius 2 is 2.29 bits per heavy atom. The second-order valence-corrected chi connectivity index (χ2v) is 6.22. The highest BCUT2D eigenvalue weighted by Gasteiger charge is 2.45. The molecule has 1 aliphatic carbocycles. The van der Waals surface area contributed by atoms with Crippen LogP contribution in [0.1, 0.15) is 30.7 Å². The zero-order chi connectivity index (χ0) is 17.3. The Morgan fingerprint density at radius 3 is 3.04 bits per heavy atom. The Bertz CT molecular complexity index is 817. The van der Waals surface area contributed by atoms with Gasteiger partial charge in [0.15, 0.2) is 16.4 Å². The third kappa shape index (κ3) is 3.24. The van der Waals surface area contributed by atoms with Gasteiger partial charge in [0, 0.05) is 25.4 Å². The fourth-order valence-electron chi connectivity index (χ4n) is 2.91. The lowest BCUT2D eigenvalue weighted by atomic mass is 10.1. The summed E-state index contributed by atoms with van der Waals surface area (Å²) < 4.78 is 29.4. The maximum absolute atomic E-state index is 13.8. The van der Waals surface area contributed by atoms with Gasteiger partial charge in [-0.3, -0.25) is 9.89 Å². The van der Waals surface area contributed by atoms with Crippen molar-refractivity contribution in [3.63, 3.8) is 0 Å². The number of amides is 1. The van der Waals surface area contributed by atoms with Crippen molar-refractivity contribution in [1.82, 2.24) is 20.1 Å². The van der Waals surface area contributed by atoms with Gasteiger partial charge in [-0.25, -0.2) is 8.78 Å². The van der Waals surface area contributed by atoms with Crippen LogP contribution >= 0.6 is 12.2 Å². The number of aromatic nitrogens is 3. The van der Waals surface area contributed by atoms with Crippen LogP contribution in [0.25, 0.3) is 0 Å². The molecule has 3 rings (SSSR count). The number of H-pyrrole nitrogens is 1. The highest BCUT2D eigenvalue weighted by atomic mass is 32.1. The predicted octanol–water partition coefficient (Wildman–Crippen LogP) is 2.70. The van der Waals surface area contributed by atoms with E-state index in [0.717, 1.165) is 18.3 Å². The smallest absolute Gasteiger partial charge is 0.223 e. The van der Waals surface area contributed by atoms with E-state index in [1.54, 1.807) is 0 Å². The molecule has 0 radical (unpaired) electrons. The molecular weight excluding hydrogens is 334 g/mol. The summed E-state index contributed by atoms with van der Waals surface area (Å²) in [6.45, 7) is 2.91. The first-order valence-electron chi connectivity index (χ1n) is 7.88. The quantitative estimate of drug-likeness (QED) is 0.786. The largest absolute Gasteiger partial charge is 0.354 e. The van der Waals surface area contributed by atoms with E-state index < -0.39 is 11.6 Å². The van der Waals surface area contributed by atoms with Crippen LogP contribution < -0.4 is 5.32 Å². The number of nitrogens with zero attached hydrogens (tertiary/aromatic N) is 2. The fraction of sp³-hybridized carbons (Fsp3) is 0.438. The second kappa shape index (κ2) is 6.80. The Morgan fingerprint density at radius 1 is 1.50 bits per heavy atom. The normalized spacial score (nSPS) is 19.3. The molecule has 0 unspecified atom stereocenters. The molecule has 1 amide bonds. The summed E-state index contributed by atoms with van der Waals surface area (Å²) in [7, 11) is 0. The van der Waals surface area contributed by atoms with E-state index >= 15 is 0 Å². The number of rotatable bonds is 6. The van der Waals surface area contributed by atoms with Crippen LogP contribution in [0.5, 0.6) is 0 Å². The van der Waals surface area contributed by atoms with Crippen molar-refractivity contribution in [3.8, 4) is 0 Å². The van der Waals surface area contributed by atoms with E-state index in [1.807, 2.05) is 11.5 Å². The van der Waals surface area contributed by atoms with Gasteiger partial charge in [-0.05, 0) is 36.2 Å². The summed E-state index contributed by atoms with van der Waals surface area (Å²) in [6, 6.07) is 4.08. The minimum absolute atomic E-state index is 0.142. The van der Waals surface area contributed by atoms with E-state index in [0.29, 0.717) is 24.3 Å². The lowest BCUT2D eigenvalue weighted by Crippen LogP contribution is -2.29. The van der Waals surface area contributed by atoms with Gasteiger partial charge in [0.1, 0.15) is 5.82 Å². The van der Waals surface area contributed by atoms with Gasteiger partial charge in [0.25, 0.3) is 0 Å². The number of nitrogens with one attached hydrogen (secondary N) is 2. The van der Waals surface area contributed by atoms with E-state index in [4.69, 9.17) is 12.2 Å². The van der Waals surface area contributed by atoms with Gasteiger partial charge in [0.05, 0.1) is 0 Å². The first-order chi connectivity index (χ1) is 11.5. The van der Waals surface area contributed by atoms with Crippen molar-refractivity contribution in [2.45, 2.75) is 32.2 Å². The van der Waals surface area contributed by atoms with Crippen LogP contribution in [0, 0.1) is 22.3 Å². The highest BCUT2D eigenvalue weighted by molar-refractivity contribution is 7.71. The highest BCUT2D eigenvalue weighted by Crippen LogP contribution is 2.48. The summed E-state index contributed by atoms with van der Waals surface area (Å²) in [4.78, 5) is 12.2. The SMILES string of the molecule is CCc1n[nH]c(=S)n1CCNC(=O)[C@@H]1C[C@@H]1c1cccc(F)c1F. The number of hydrogen-bond donors (Lipinski definition) is 2. The van der Waals surface area contributed by atoms with Gasteiger partial charge in [-0.1, -0.05) is 19.1 Å². The van der Waals surface area contributed by atoms with Crippen molar-refractivity contribution in [2.24, 2.45) is 5.92 Å². The first-order valence-corrected chi connectivity index (χ1v) is 8.29. The molecule has 24 heavy (non-hydrogen) atoms. The number of aryl methyl sites for hydroxylation is 1. The zero-order valence-corrected chi connectivity index (χ0v) is 14.0. The minimum Gasteiger partial charge on any atom is -0.354 e. The molecule has 2 N–H and O–H groups in total. The molecule has 0 aliphatic heterocycles. The molecule has 0 spiro atoms. The van der Waals surface area contributed by atoms with Crippen molar-refractivity contribution < 1.29 is 13.6 Å². The van der Waals surface area contributed by atoms with Crippen molar-refractivity contribution in [1.29, 1.82) is 0 Å². The van der Waals surface area contributed by atoms with Gasteiger partial charge in [-0.2, -0.15) is 5.10 Å². The molecule has 8 heteroatoms. The Labute approximate surface area is 143 Å². The Kier molecular flexibility index (Phi) is 4.75. The molecule has 1 saturated carbocycles. The fourth-order valence-corrected chi connectivity index (χ4v) is 3.15. The van der Waals surface area contributed by atoms with Crippen LogP contribution in [0.15, 0.2) is 18.2 Å². The molecule has 1 aromatic carbocycles. The molecule has 2 atom stereocenters. The molecule has 1 aromatic heterocycles. The van der Waals surface area contributed by atoms with Crippen LogP contribution in [0.4, 0.5) is 8.78 Å². The van der Waals surface area contributed by atoms with E-state index in [9.17, 15) is 13.6 Å². The van der Waals surface area contributed by atoms with Crippen LogP contribution in [-0.4, -0.2) is 27.2 Å². The third-order valence-corrected chi connectivity index (χ3v) is 4.61. The topological polar surface area (TPSA) is 62.7 Å². The average Bonchev–Trinajstić information content (AvgIpc) is 3.28. The molecule has 128 valence electrons. The summed E-state index contributed by atoms with van der Waals surface area (Å²) >= 11 is 5.15. The maximum Gasteiger partial charge on any atom is 0.223 e. The second-order valence-electron chi connectivity index (χ2n) is 5.83. The molecule has 1 heterocycles. The first kappa shape index (κ1) is 16.8. The van der Waals surface area contributed by atoms with E-state index in [1.165, 1.54) is 12.1 Å². The van der Waals surface area contributed by atoms with E-state index in [-0.39, 0.29) is 23.3 Å². The number of hydrogen-bond acceptors (Lipinski definition) is 3. The summed E-state index contributed by atoms with van der Waals surface area (Å²) in [5, 5.41) is 9.66. The van der Waals surface area contributed by atoms with Gasteiger partial charge in [0.2, 0.25) is 5.91 Å². The average molecular weight is 352 g/mol. The number of benzene rings is 1. The number of carbonyl (C=O) groups excluding carboxylic acids is 1. The van der Waals surface area contributed by atoms with E-state index in [2.05, 4.69) is 15.5 Å². The van der Waals surface area contributed by atoms with Crippen molar-refractivity contribution in [3.05, 3.63) is 46.0 Å². The van der Waals surface area contributed by atoms with Crippen LogP contribution in [0.2, 0.25) is 0 Å². The van der Waals surface area contributed by atoms with Crippen LogP contribution in [0.3, 0.4) is 0 Å². The molecule has 1 fully saturated rings. The number of carbonyl (C=O) groups is 1. The Balaban J connectivity index is 1.55. The number of halogens is 2. The molecule has 0 saturated heterocycles. The number of aromatic amines is 1. The molecule has 0 bridgehead atoms. The van der Waals surface area contributed by atoms with Gasteiger partial charge in [-0.15, -0.1) is 0 Å². The standard InChI is InChI=1S/C16H18F2N4OS/c1-2-13-20-21-16(24)22(13)7-6-19-15(23)11-8-10(11)9-4-3-5-12(17)14(9)18/h3-5,10-11H,2,6-8H2,1H3,(H,19,23)(H,21,24)/t10-,11-/m1/s1. The lowest BCUT2D eigenvalue weighted by Gasteiger charge is -2.08. The third-order valence-electron chi connectivity index (χ3n) is 4.30. The summed E-state index contributed by atoms with van der Waals surface area (Å²) in [5.41, 5.74) is 0.278. The monoisotopic (exact) mass is 352 g/mol. The molecule has 1 aliphatic rings. The molecule has 2 aromatic rings. The predicted molar refractivity (Wildman–Crippen MR) is 87.0 cm³/mol. The van der Waals surface area contributed by atoms with Crippen LogP contribution in [-0.2, 0) is 17.8 Å². The molecule has 5 nitrogen and oxygen atoms in total. The Hall–Kier alpha value is -2.09.